The van der Waals surface area contributed by atoms with Crippen LogP contribution in [-0.2, 0) is 22.6 Å². The third kappa shape index (κ3) is 6.91. The highest BCUT2D eigenvalue weighted by Crippen LogP contribution is 2.44. The van der Waals surface area contributed by atoms with Crippen molar-refractivity contribution in [3.8, 4) is 17.2 Å². The smallest absolute Gasteiger partial charge is 0.232 e. The first-order valence-corrected chi connectivity index (χ1v) is 16.1. The minimum absolute atomic E-state index is 0.0366. The van der Waals surface area contributed by atoms with Crippen molar-refractivity contribution in [1.29, 1.82) is 0 Å². The van der Waals surface area contributed by atoms with Gasteiger partial charge in [0.05, 0.1) is 25.7 Å². The fourth-order valence-electron chi connectivity index (χ4n) is 6.15. The molecule has 8 heteroatoms. The Morgan fingerprint density at radius 3 is 2.28 bits per heavy atom. The lowest BCUT2D eigenvalue weighted by Gasteiger charge is -2.38. The fourth-order valence-corrected chi connectivity index (χ4v) is 6.27. The number of benzene rings is 4. The molecule has 0 bridgehead atoms. The van der Waals surface area contributed by atoms with Crippen LogP contribution in [0.2, 0.25) is 5.02 Å². The van der Waals surface area contributed by atoms with Crippen LogP contribution in [0.3, 0.4) is 0 Å². The molecule has 0 radical (unpaired) electrons. The number of carbonyl (C=O) groups is 2. The van der Waals surface area contributed by atoms with Crippen LogP contribution in [0.1, 0.15) is 65.3 Å². The van der Waals surface area contributed by atoms with E-state index >= 15 is 0 Å². The summed E-state index contributed by atoms with van der Waals surface area (Å²) in [6, 6.07) is 26.2. The van der Waals surface area contributed by atoms with Gasteiger partial charge in [-0.05, 0) is 110 Å². The molecule has 2 aliphatic rings. The van der Waals surface area contributed by atoms with Crippen molar-refractivity contribution in [2.45, 2.75) is 51.9 Å². The Hall–Kier alpha value is -4.33. The molecular formula is C38H38ClNO6. The van der Waals surface area contributed by atoms with Crippen molar-refractivity contribution in [2.24, 2.45) is 5.92 Å². The zero-order valence-corrected chi connectivity index (χ0v) is 27.1. The summed E-state index contributed by atoms with van der Waals surface area (Å²) in [5, 5.41) is 0.611. The number of ketones is 1. The van der Waals surface area contributed by atoms with E-state index in [1.54, 1.807) is 7.11 Å². The van der Waals surface area contributed by atoms with Gasteiger partial charge in [-0.2, -0.15) is 0 Å². The summed E-state index contributed by atoms with van der Waals surface area (Å²) in [6.07, 6.45) is 1.54. The van der Waals surface area contributed by atoms with E-state index in [2.05, 4.69) is 0 Å². The van der Waals surface area contributed by atoms with Crippen molar-refractivity contribution in [2.75, 3.05) is 25.2 Å². The summed E-state index contributed by atoms with van der Waals surface area (Å²) in [6.45, 7) is 5.49. The lowest BCUT2D eigenvalue weighted by atomic mass is 9.86. The van der Waals surface area contributed by atoms with Crippen molar-refractivity contribution in [1.82, 2.24) is 0 Å². The van der Waals surface area contributed by atoms with Gasteiger partial charge in [0.1, 0.15) is 12.4 Å². The third-order valence-corrected chi connectivity index (χ3v) is 8.74. The van der Waals surface area contributed by atoms with Crippen molar-refractivity contribution in [3.63, 3.8) is 0 Å². The van der Waals surface area contributed by atoms with E-state index in [0.29, 0.717) is 47.6 Å². The summed E-state index contributed by atoms with van der Waals surface area (Å²) < 4.78 is 23.3. The minimum Gasteiger partial charge on any atom is -0.497 e. The van der Waals surface area contributed by atoms with Gasteiger partial charge in [-0.1, -0.05) is 35.9 Å². The molecule has 1 unspecified atom stereocenters. The number of Topliss-reactive ketones (excluding diaryl/α,β-unsaturated/α-hetero) is 1. The van der Waals surface area contributed by atoms with Crippen molar-refractivity contribution in [3.05, 3.63) is 118 Å². The maximum absolute atomic E-state index is 14.0. The first-order chi connectivity index (χ1) is 22.3. The number of hydrogen-bond acceptors (Lipinski definition) is 6. The molecule has 7 nitrogen and oxygen atoms in total. The van der Waals surface area contributed by atoms with E-state index in [0.717, 1.165) is 40.8 Å². The van der Waals surface area contributed by atoms with Gasteiger partial charge in [0.2, 0.25) is 5.91 Å². The summed E-state index contributed by atoms with van der Waals surface area (Å²) in [5.41, 5.74) is 5.06. The van der Waals surface area contributed by atoms with Crippen LogP contribution < -0.4 is 19.1 Å². The predicted molar refractivity (Wildman–Crippen MR) is 178 cm³/mol. The highest BCUT2D eigenvalue weighted by Gasteiger charge is 2.36. The number of anilines is 1. The molecule has 0 spiro atoms. The highest BCUT2D eigenvalue weighted by atomic mass is 35.5. The zero-order chi connectivity index (χ0) is 32.2. The molecule has 2 heterocycles. The average molecular weight is 640 g/mol. The van der Waals surface area contributed by atoms with Gasteiger partial charge in [-0.15, -0.1) is 0 Å². The summed E-state index contributed by atoms with van der Waals surface area (Å²) in [4.78, 5) is 29.0. The molecule has 0 aliphatic carbocycles. The van der Waals surface area contributed by atoms with E-state index < -0.39 is 6.04 Å². The molecule has 4 aromatic carbocycles. The third-order valence-electron chi connectivity index (χ3n) is 8.49. The second-order valence-electron chi connectivity index (χ2n) is 12.0. The van der Waals surface area contributed by atoms with E-state index in [1.807, 2.05) is 104 Å². The zero-order valence-electron chi connectivity index (χ0n) is 26.3. The molecule has 0 saturated carbocycles. The fraction of sp³-hybridized carbons (Fsp3) is 0.316. The molecule has 1 atom stereocenters. The number of fused-ring (bicyclic) bond motifs is 1. The molecule has 4 aromatic rings. The number of halogens is 1. The monoisotopic (exact) mass is 639 g/mol. The molecule has 0 aromatic heterocycles. The minimum atomic E-state index is -0.448. The van der Waals surface area contributed by atoms with Gasteiger partial charge in [-0.25, -0.2) is 0 Å². The van der Waals surface area contributed by atoms with Crippen LogP contribution in [0.15, 0.2) is 84.9 Å². The summed E-state index contributed by atoms with van der Waals surface area (Å²) in [5.74, 6) is 1.98. The van der Waals surface area contributed by atoms with Crippen LogP contribution in [0.4, 0.5) is 5.69 Å². The number of carbonyl (C=O) groups excluding carboxylic acids is 2. The molecule has 1 saturated heterocycles. The van der Waals surface area contributed by atoms with Gasteiger partial charge < -0.3 is 23.8 Å². The first kappa shape index (κ1) is 31.6. The standard InChI is InChI=1S/C38H38ClNO6/c1-24(2)46-35-22-33-29(20-34(35)45-23-25-4-14-32(43-3)15-5-25)21-36(41)40(37(33)26-6-10-30(39)11-7-26)31-12-8-27(9-13-31)38(42)28-16-18-44-19-17-28/h4-15,20,22,24,28,37H,16-19,21,23H2,1-3H3. The van der Waals surface area contributed by atoms with Gasteiger partial charge >= 0.3 is 0 Å². The van der Waals surface area contributed by atoms with Crippen molar-refractivity contribution >= 4 is 29.0 Å². The molecule has 6 rings (SSSR count). The maximum Gasteiger partial charge on any atom is 0.232 e. The van der Waals surface area contributed by atoms with E-state index in [9.17, 15) is 9.59 Å². The number of methoxy groups -OCH3 is 1. The van der Waals surface area contributed by atoms with Gasteiger partial charge in [-0.3, -0.25) is 9.59 Å². The molecule has 0 N–H and O–H groups in total. The SMILES string of the molecule is COc1ccc(COc2cc3c(cc2OC(C)C)C(c2ccc(Cl)cc2)N(c2ccc(C(=O)C4CCOCC4)cc2)C(=O)C3)cc1. The van der Waals surface area contributed by atoms with Crippen LogP contribution in [0, 0.1) is 5.92 Å². The molecule has 2 aliphatic heterocycles. The number of ether oxygens (including phenoxy) is 4. The summed E-state index contributed by atoms with van der Waals surface area (Å²) >= 11 is 6.29. The number of amides is 1. The summed E-state index contributed by atoms with van der Waals surface area (Å²) in [7, 11) is 1.64. The first-order valence-electron chi connectivity index (χ1n) is 15.7. The normalized spacial score (nSPS) is 16.7. The number of nitrogens with zero attached hydrogens (tertiary/aromatic N) is 1. The predicted octanol–water partition coefficient (Wildman–Crippen LogP) is 8.00. The lowest BCUT2D eigenvalue weighted by molar-refractivity contribution is -0.118. The Labute approximate surface area is 275 Å². The Bertz CT molecular complexity index is 1680. The van der Waals surface area contributed by atoms with Crippen molar-refractivity contribution < 1.29 is 28.5 Å². The second-order valence-corrected chi connectivity index (χ2v) is 12.4. The van der Waals surface area contributed by atoms with Gasteiger partial charge in [0.15, 0.2) is 17.3 Å². The Morgan fingerprint density at radius 2 is 1.63 bits per heavy atom. The Balaban J connectivity index is 1.37. The quantitative estimate of drug-likeness (QED) is 0.164. The van der Waals surface area contributed by atoms with E-state index in [-0.39, 0.29) is 30.1 Å². The average Bonchev–Trinajstić information content (AvgIpc) is 3.07. The van der Waals surface area contributed by atoms with Crippen LogP contribution >= 0.6 is 11.6 Å². The second kappa shape index (κ2) is 14.0. The number of rotatable bonds is 10. The molecule has 238 valence electrons. The molecule has 1 amide bonds. The van der Waals surface area contributed by atoms with E-state index in [1.165, 1.54) is 0 Å². The van der Waals surface area contributed by atoms with Crippen LogP contribution in [0.25, 0.3) is 0 Å². The van der Waals surface area contributed by atoms with Crippen LogP contribution in [-0.4, -0.2) is 38.1 Å². The van der Waals surface area contributed by atoms with Crippen LogP contribution in [0.5, 0.6) is 17.2 Å². The Kier molecular flexibility index (Phi) is 9.61. The Morgan fingerprint density at radius 1 is 0.935 bits per heavy atom. The highest BCUT2D eigenvalue weighted by molar-refractivity contribution is 6.30. The molecule has 1 fully saturated rings. The topological polar surface area (TPSA) is 74.3 Å². The van der Waals surface area contributed by atoms with Gasteiger partial charge in [0.25, 0.3) is 0 Å². The maximum atomic E-state index is 14.0. The molecular weight excluding hydrogens is 602 g/mol. The lowest BCUT2D eigenvalue weighted by Crippen LogP contribution is -2.41. The molecule has 46 heavy (non-hydrogen) atoms. The van der Waals surface area contributed by atoms with Gasteiger partial charge in [0, 0.05) is 35.4 Å². The largest absolute Gasteiger partial charge is 0.497 e. The van der Waals surface area contributed by atoms with E-state index in [4.69, 9.17) is 30.5 Å². The number of hydrogen-bond donors (Lipinski definition) is 0.